The van der Waals surface area contributed by atoms with Crippen molar-refractivity contribution in [1.29, 1.82) is 0 Å². The first-order valence-corrected chi connectivity index (χ1v) is 7.83. The van der Waals surface area contributed by atoms with Gasteiger partial charge in [0.15, 0.2) is 0 Å². The third kappa shape index (κ3) is 3.76. The van der Waals surface area contributed by atoms with Crippen LogP contribution in [0.2, 0.25) is 0 Å². The predicted molar refractivity (Wildman–Crippen MR) is 88.0 cm³/mol. The number of carbonyl (C=O) groups excluding carboxylic acids is 1. The van der Waals surface area contributed by atoms with Crippen molar-refractivity contribution in [1.82, 2.24) is 9.80 Å². The van der Waals surface area contributed by atoms with Gasteiger partial charge >= 0.3 is 0 Å². The number of nitrogens with zero attached hydrogens (tertiary/aromatic N) is 2. The summed E-state index contributed by atoms with van der Waals surface area (Å²) < 4.78 is 0. The van der Waals surface area contributed by atoms with Crippen LogP contribution in [-0.2, 0) is 0 Å². The third-order valence-corrected chi connectivity index (χ3v) is 4.24. The monoisotopic (exact) mass is 289 g/mol. The Morgan fingerprint density at radius 2 is 2.24 bits per heavy atom. The molecule has 0 saturated carbocycles. The fourth-order valence-electron chi connectivity index (χ4n) is 2.99. The smallest absolute Gasteiger partial charge is 0.255 e. The van der Waals surface area contributed by atoms with Gasteiger partial charge in [0, 0.05) is 31.9 Å². The summed E-state index contributed by atoms with van der Waals surface area (Å²) in [5.41, 5.74) is 2.84. The zero-order valence-electron chi connectivity index (χ0n) is 13.6. The van der Waals surface area contributed by atoms with Gasteiger partial charge in [-0.1, -0.05) is 11.6 Å². The maximum absolute atomic E-state index is 12.9. The predicted octanol–water partition coefficient (Wildman–Crippen LogP) is 2.59. The van der Waals surface area contributed by atoms with Crippen molar-refractivity contribution in [2.45, 2.75) is 32.7 Å². The lowest BCUT2D eigenvalue weighted by Crippen LogP contribution is -2.47. The fourth-order valence-corrected chi connectivity index (χ4v) is 2.99. The molecular formula is C17H27N3O. The summed E-state index contributed by atoms with van der Waals surface area (Å²) in [5, 5.41) is 3.29. The molecule has 1 saturated heterocycles. The fraction of sp³-hybridized carbons (Fsp3) is 0.588. The van der Waals surface area contributed by atoms with Gasteiger partial charge in [-0.05, 0) is 52.4 Å². The Balaban J connectivity index is 2.20. The van der Waals surface area contributed by atoms with Gasteiger partial charge in [0.2, 0.25) is 0 Å². The molecular weight excluding hydrogens is 262 g/mol. The molecule has 4 heteroatoms. The lowest BCUT2D eigenvalue weighted by atomic mass is 10.0. The van der Waals surface area contributed by atoms with Crippen molar-refractivity contribution in [3.05, 3.63) is 29.3 Å². The van der Waals surface area contributed by atoms with Crippen LogP contribution >= 0.6 is 0 Å². The number of aryl methyl sites for hydroxylation is 1. The molecule has 1 aliphatic rings. The van der Waals surface area contributed by atoms with E-state index in [-0.39, 0.29) is 5.91 Å². The molecule has 1 unspecified atom stereocenters. The maximum atomic E-state index is 12.9. The average molecular weight is 289 g/mol. The van der Waals surface area contributed by atoms with Gasteiger partial charge in [-0.3, -0.25) is 4.79 Å². The zero-order chi connectivity index (χ0) is 15.4. The number of likely N-dealkylation sites (N-methyl/N-ethyl adjacent to an activating group) is 2. The van der Waals surface area contributed by atoms with E-state index >= 15 is 0 Å². The van der Waals surface area contributed by atoms with Gasteiger partial charge in [0.25, 0.3) is 5.91 Å². The maximum Gasteiger partial charge on any atom is 0.255 e. The van der Waals surface area contributed by atoms with Crippen LogP contribution in [0.1, 0.15) is 35.7 Å². The summed E-state index contributed by atoms with van der Waals surface area (Å²) >= 11 is 0. The number of benzene rings is 1. The van der Waals surface area contributed by atoms with E-state index in [1.165, 1.54) is 0 Å². The highest BCUT2D eigenvalue weighted by atomic mass is 16.2. The molecule has 0 aliphatic carbocycles. The number of rotatable bonds is 4. The van der Waals surface area contributed by atoms with Crippen molar-refractivity contribution >= 4 is 11.6 Å². The molecule has 0 bridgehead atoms. The number of amides is 1. The van der Waals surface area contributed by atoms with E-state index in [4.69, 9.17) is 0 Å². The molecule has 1 aromatic rings. The van der Waals surface area contributed by atoms with Crippen LogP contribution in [0.4, 0.5) is 5.69 Å². The van der Waals surface area contributed by atoms with E-state index in [0.29, 0.717) is 6.04 Å². The van der Waals surface area contributed by atoms with Crippen LogP contribution in [0.15, 0.2) is 18.2 Å². The Hall–Kier alpha value is -1.55. The highest BCUT2D eigenvalue weighted by Gasteiger charge is 2.26. The van der Waals surface area contributed by atoms with Crippen LogP contribution in [0.25, 0.3) is 0 Å². The number of hydrogen-bond acceptors (Lipinski definition) is 3. The van der Waals surface area contributed by atoms with Crippen molar-refractivity contribution in [2.75, 3.05) is 39.0 Å². The molecule has 4 nitrogen and oxygen atoms in total. The van der Waals surface area contributed by atoms with Gasteiger partial charge < -0.3 is 15.1 Å². The molecule has 0 spiro atoms. The second kappa shape index (κ2) is 6.94. The summed E-state index contributed by atoms with van der Waals surface area (Å²) in [6.07, 6.45) is 2.25. The molecule has 21 heavy (non-hydrogen) atoms. The molecule has 2 rings (SSSR count). The topological polar surface area (TPSA) is 35.6 Å². The standard InChI is InChI=1S/C17H27N3O/c1-5-18-16-9-8-13(2)11-15(16)17(21)20(4)14-7-6-10-19(3)12-14/h8-9,11,14,18H,5-7,10,12H2,1-4H3. The molecule has 116 valence electrons. The molecule has 1 heterocycles. The minimum Gasteiger partial charge on any atom is -0.385 e. The summed E-state index contributed by atoms with van der Waals surface area (Å²) in [4.78, 5) is 17.1. The van der Waals surface area contributed by atoms with Gasteiger partial charge in [-0.25, -0.2) is 0 Å². The molecule has 1 atom stereocenters. The van der Waals surface area contributed by atoms with E-state index in [0.717, 1.165) is 49.3 Å². The van der Waals surface area contributed by atoms with Crippen LogP contribution in [0, 0.1) is 6.92 Å². The largest absolute Gasteiger partial charge is 0.385 e. The van der Waals surface area contributed by atoms with E-state index in [9.17, 15) is 4.79 Å². The van der Waals surface area contributed by atoms with Gasteiger partial charge in [0.1, 0.15) is 0 Å². The Morgan fingerprint density at radius 3 is 2.90 bits per heavy atom. The molecule has 1 N–H and O–H groups in total. The number of anilines is 1. The molecule has 1 fully saturated rings. The number of hydrogen-bond donors (Lipinski definition) is 1. The molecule has 1 amide bonds. The van der Waals surface area contributed by atoms with E-state index < -0.39 is 0 Å². The number of likely N-dealkylation sites (tertiary alicyclic amines) is 1. The summed E-state index contributed by atoms with van der Waals surface area (Å²) in [6, 6.07) is 6.35. The van der Waals surface area contributed by atoms with Crippen LogP contribution in [-0.4, -0.2) is 55.5 Å². The first-order chi connectivity index (χ1) is 10.0. The van der Waals surface area contributed by atoms with E-state index in [1.807, 2.05) is 44.0 Å². The first-order valence-electron chi connectivity index (χ1n) is 7.83. The van der Waals surface area contributed by atoms with E-state index in [2.05, 4.69) is 17.3 Å². The Bertz CT molecular complexity index is 501. The average Bonchev–Trinajstić information content (AvgIpc) is 2.48. The third-order valence-electron chi connectivity index (χ3n) is 4.24. The SMILES string of the molecule is CCNc1ccc(C)cc1C(=O)N(C)C1CCCN(C)C1. The Kier molecular flexibility index (Phi) is 5.23. The highest BCUT2D eigenvalue weighted by molar-refractivity contribution is 5.99. The van der Waals surface area contributed by atoms with Crippen molar-refractivity contribution < 1.29 is 4.79 Å². The Labute approximate surface area is 128 Å². The normalized spacial score (nSPS) is 19.3. The van der Waals surface area contributed by atoms with E-state index in [1.54, 1.807) is 0 Å². The number of piperidine rings is 1. The van der Waals surface area contributed by atoms with Crippen LogP contribution in [0.5, 0.6) is 0 Å². The lowest BCUT2D eigenvalue weighted by molar-refractivity contribution is 0.0645. The highest BCUT2D eigenvalue weighted by Crippen LogP contribution is 2.22. The number of carbonyl (C=O) groups is 1. The molecule has 0 radical (unpaired) electrons. The summed E-state index contributed by atoms with van der Waals surface area (Å²) in [7, 11) is 4.06. The summed E-state index contributed by atoms with van der Waals surface area (Å²) in [5.74, 6) is 0.120. The first kappa shape index (κ1) is 15.8. The minimum atomic E-state index is 0.120. The van der Waals surface area contributed by atoms with Crippen LogP contribution < -0.4 is 5.32 Å². The van der Waals surface area contributed by atoms with Gasteiger partial charge in [-0.2, -0.15) is 0 Å². The quantitative estimate of drug-likeness (QED) is 0.925. The second-order valence-corrected chi connectivity index (χ2v) is 6.05. The summed E-state index contributed by atoms with van der Waals surface area (Å²) in [6.45, 7) is 6.99. The lowest BCUT2D eigenvalue weighted by Gasteiger charge is -2.36. The molecule has 1 aromatic carbocycles. The Morgan fingerprint density at radius 1 is 1.48 bits per heavy atom. The van der Waals surface area contributed by atoms with Gasteiger partial charge in [0.05, 0.1) is 5.56 Å². The van der Waals surface area contributed by atoms with Gasteiger partial charge in [-0.15, -0.1) is 0 Å². The molecule has 1 aliphatic heterocycles. The van der Waals surface area contributed by atoms with Crippen molar-refractivity contribution in [3.63, 3.8) is 0 Å². The molecule has 0 aromatic heterocycles. The number of nitrogens with one attached hydrogen (secondary N) is 1. The second-order valence-electron chi connectivity index (χ2n) is 6.05. The van der Waals surface area contributed by atoms with Crippen molar-refractivity contribution in [2.24, 2.45) is 0 Å². The zero-order valence-corrected chi connectivity index (χ0v) is 13.6. The van der Waals surface area contributed by atoms with Crippen LogP contribution in [0.3, 0.4) is 0 Å². The van der Waals surface area contributed by atoms with Crippen molar-refractivity contribution in [3.8, 4) is 0 Å². The minimum absolute atomic E-state index is 0.120.